The third-order valence-corrected chi connectivity index (χ3v) is 5.76. The summed E-state index contributed by atoms with van der Waals surface area (Å²) in [5, 5.41) is 4.14. The number of nitrogens with one attached hydrogen (secondary N) is 1. The minimum atomic E-state index is -0.239. The Hall–Kier alpha value is -0.710. The Labute approximate surface area is 189 Å². The number of carbonyl (C=O) groups is 1. The molecule has 0 radical (unpaired) electrons. The van der Waals surface area contributed by atoms with Gasteiger partial charge in [-0.2, -0.15) is 0 Å². The average molecular weight is 444 g/mol. The Kier molecular flexibility index (Phi) is 16.6. The van der Waals surface area contributed by atoms with Crippen LogP contribution < -0.4 is 5.32 Å². The third-order valence-electron chi connectivity index (χ3n) is 4.74. The molecule has 0 spiro atoms. The van der Waals surface area contributed by atoms with Gasteiger partial charge in [-0.05, 0) is 44.0 Å². The molecule has 0 heterocycles. The van der Waals surface area contributed by atoms with Crippen LogP contribution >= 0.6 is 24.2 Å². The molecule has 0 aliphatic carbocycles. The van der Waals surface area contributed by atoms with Crippen molar-refractivity contribution in [3.63, 3.8) is 0 Å². The minimum Gasteiger partial charge on any atom is -0.456 e. The van der Waals surface area contributed by atoms with Crippen LogP contribution in [0.1, 0.15) is 97.7 Å². The average Bonchev–Trinajstić information content (AvgIpc) is 2.66. The molecule has 2 unspecified atom stereocenters. The number of carbonyl (C=O) groups excluding carboxylic acids is 1. The maximum atomic E-state index is 12.2. The highest BCUT2D eigenvalue weighted by atomic mass is 35.5. The van der Waals surface area contributed by atoms with Crippen LogP contribution in [0.3, 0.4) is 0 Å². The summed E-state index contributed by atoms with van der Waals surface area (Å²) < 4.78 is 5.86. The van der Waals surface area contributed by atoms with Gasteiger partial charge in [0, 0.05) is 22.6 Å². The molecule has 0 fully saturated rings. The van der Waals surface area contributed by atoms with Gasteiger partial charge in [0.05, 0.1) is 0 Å². The van der Waals surface area contributed by atoms with Gasteiger partial charge in [-0.25, -0.2) is 0 Å². The van der Waals surface area contributed by atoms with E-state index in [0.29, 0.717) is 11.7 Å². The predicted octanol–water partition coefficient (Wildman–Crippen LogP) is 7.33. The molecule has 0 amide bonds. The topological polar surface area (TPSA) is 38.3 Å². The molecule has 1 aromatic carbocycles. The van der Waals surface area contributed by atoms with Crippen LogP contribution in [0.25, 0.3) is 0 Å². The summed E-state index contributed by atoms with van der Waals surface area (Å²) in [6, 6.07) is 8.59. The molecule has 3 nitrogen and oxygen atoms in total. The van der Waals surface area contributed by atoms with Crippen LogP contribution in [0.4, 0.5) is 0 Å². The Morgan fingerprint density at radius 3 is 2.17 bits per heavy atom. The van der Waals surface area contributed by atoms with Gasteiger partial charge >= 0.3 is 5.97 Å². The van der Waals surface area contributed by atoms with Crippen LogP contribution in [0.5, 0.6) is 0 Å². The van der Waals surface area contributed by atoms with E-state index in [-0.39, 0.29) is 30.5 Å². The fraction of sp³-hybridized carbons (Fsp3) is 0.708. The number of unbranched alkanes of at least 4 members (excludes halogenated alkanes) is 5. The van der Waals surface area contributed by atoms with Gasteiger partial charge in [0.2, 0.25) is 0 Å². The molecule has 0 saturated heterocycles. The molecule has 0 aromatic heterocycles. The van der Waals surface area contributed by atoms with Crippen molar-refractivity contribution in [3.05, 3.63) is 29.8 Å². The Balaban J connectivity index is 0.00000784. The van der Waals surface area contributed by atoms with Crippen molar-refractivity contribution in [2.45, 2.75) is 108 Å². The number of benzene rings is 1. The van der Waals surface area contributed by atoms with E-state index in [9.17, 15) is 4.79 Å². The quantitative estimate of drug-likeness (QED) is 0.175. The molecule has 168 valence electrons. The normalized spacial score (nSPS) is 13.0. The van der Waals surface area contributed by atoms with Crippen LogP contribution in [-0.4, -0.2) is 23.8 Å². The molecule has 1 rings (SSSR count). The van der Waals surface area contributed by atoms with Gasteiger partial charge < -0.3 is 10.1 Å². The molecule has 0 aliphatic rings. The smallest absolute Gasteiger partial charge is 0.306 e. The first-order valence-corrected chi connectivity index (χ1v) is 12.0. The van der Waals surface area contributed by atoms with Gasteiger partial charge in [0.15, 0.2) is 0 Å². The molecule has 29 heavy (non-hydrogen) atoms. The molecule has 1 N–H and O–H groups in total. The predicted molar refractivity (Wildman–Crippen MR) is 129 cm³/mol. The second-order valence-electron chi connectivity index (χ2n) is 7.91. The minimum absolute atomic E-state index is 0. The zero-order chi connectivity index (χ0) is 20.8. The Morgan fingerprint density at radius 1 is 0.966 bits per heavy atom. The fourth-order valence-electron chi connectivity index (χ4n) is 3.21. The highest BCUT2D eigenvalue weighted by molar-refractivity contribution is 7.99. The summed E-state index contributed by atoms with van der Waals surface area (Å²) in [5.41, 5.74) is 1.07. The molecular formula is C24H42ClNO2S. The number of hydrogen-bond donors (Lipinski definition) is 1. The van der Waals surface area contributed by atoms with Gasteiger partial charge in [0.25, 0.3) is 0 Å². The van der Waals surface area contributed by atoms with Crippen molar-refractivity contribution >= 4 is 30.1 Å². The molecule has 0 aliphatic heterocycles. The molecule has 5 heteroatoms. The van der Waals surface area contributed by atoms with Crippen LogP contribution in [-0.2, 0) is 9.53 Å². The Bertz CT molecular complexity index is 536. The second-order valence-corrected chi connectivity index (χ2v) is 9.56. The summed E-state index contributed by atoms with van der Waals surface area (Å²) in [6.45, 7) is 11.7. The van der Waals surface area contributed by atoms with Crippen molar-refractivity contribution in [1.82, 2.24) is 5.32 Å². The number of halogens is 1. The monoisotopic (exact) mass is 443 g/mol. The van der Waals surface area contributed by atoms with Gasteiger partial charge in [0.1, 0.15) is 6.10 Å². The van der Waals surface area contributed by atoms with Crippen molar-refractivity contribution in [2.24, 2.45) is 0 Å². The van der Waals surface area contributed by atoms with Crippen LogP contribution in [0, 0.1) is 0 Å². The third kappa shape index (κ3) is 12.6. The Morgan fingerprint density at radius 2 is 1.59 bits per heavy atom. The van der Waals surface area contributed by atoms with Gasteiger partial charge in [-0.15, -0.1) is 24.2 Å². The van der Waals surface area contributed by atoms with E-state index in [1.807, 2.05) is 18.7 Å². The van der Waals surface area contributed by atoms with Crippen molar-refractivity contribution < 1.29 is 9.53 Å². The molecule has 2 atom stereocenters. The maximum Gasteiger partial charge on any atom is 0.306 e. The molecular weight excluding hydrogens is 402 g/mol. The fourth-order valence-corrected chi connectivity index (χ4v) is 4.05. The number of rotatable bonds is 15. The summed E-state index contributed by atoms with van der Waals surface area (Å²) >= 11 is 1.85. The SMILES string of the molecule is CCCCCCCCNC(C)C(OC(=O)CCC)c1ccc(SC(C)C)cc1.Cl. The van der Waals surface area contributed by atoms with Gasteiger partial charge in [-0.3, -0.25) is 4.79 Å². The highest BCUT2D eigenvalue weighted by Gasteiger charge is 2.23. The van der Waals surface area contributed by atoms with Crippen LogP contribution in [0.2, 0.25) is 0 Å². The number of hydrogen-bond acceptors (Lipinski definition) is 4. The summed E-state index contributed by atoms with van der Waals surface area (Å²) in [7, 11) is 0. The lowest BCUT2D eigenvalue weighted by molar-refractivity contribution is -0.151. The number of thioether (sulfide) groups is 1. The summed E-state index contributed by atoms with van der Waals surface area (Å²) in [4.78, 5) is 13.4. The van der Waals surface area contributed by atoms with E-state index in [2.05, 4.69) is 57.3 Å². The first kappa shape index (κ1) is 28.3. The maximum absolute atomic E-state index is 12.2. The zero-order valence-corrected chi connectivity index (χ0v) is 20.7. The molecule has 1 aromatic rings. The number of esters is 1. The van der Waals surface area contributed by atoms with E-state index in [4.69, 9.17) is 4.74 Å². The molecule has 0 bridgehead atoms. The summed E-state index contributed by atoms with van der Waals surface area (Å²) in [5.74, 6) is -0.110. The van der Waals surface area contributed by atoms with Crippen molar-refractivity contribution in [3.8, 4) is 0 Å². The zero-order valence-electron chi connectivity index (χ0n) is 19.0. The highest BCUT2D eigenvalue weighted by Crippen LogP contribution is 2.27. The van der Waals surface area contributed by atoms with Gasteiger partial charge in [-0.1, -0.05) is 71.9 Å². The lowest BCUT2D eigenvalue weighted by atomic mass is 10.0. The lowest BCUT2D eigenvalue weighted by Gasteiger charge is -2.26. The first-order chi connectivity index (χ1) is 13.5. The van der Waals surface area contributed by atoms with Crippen LogP contribution in [0.15, 0.2) is 29.2 Å². The van der Waals surface area contributed by atoms with E-state index in [0.717, 1.165) is 18.5 Å². The van der Waals surface area contributed by atoms with Crippen molar-refractivity contribution in [1.29, 1.82) is 0 Å². The number of ether oxygens (including phenoxy) is 1. The van der Waals surface area contributed by atoms with E-state index in [1.54, 1.807) is 0 Å². The molecule has 0 saturated carbocycles. The standard InChI is InChI=1S/C24H41NO2S.ClH/c1-6-8-9-10-11-12-18-25-20(5)24(27-23(26)13-7-2)21-14-16-22(17-15-21)28-19(3)4;/h14-17,19-20,24-25H,6-13,18H2,1-5H3;1H. The van der Waals surface area contributed by atoms with E-state index < -0.39 is 0 Å². The van der Waals surface area contributed by atoms with Crippen molar-refractivity contribution in [2.75, 3.05) is 6.54 Å². The van der Waals surface area contributed by atoms with E-state index >= 15 is 0 Å². The second kappa shape index (κ2) is 17.0. The summed E-state index contributed by atoms with van der Waals surface area (Å²) in [6.07, 6.45) is 8.76. The van der Waals surface area contributed by atoms with E-state index in [1.165, 1.54) is 43.4 Å². The lowest BCUT2D eigenvalue weighted by Crippen LogP contribution is -2.35. The largest absolute Gasteiger partial charge is 0.456 e. The first-order valence-electron chi connectivity index (χ1n) is 11.2.